The van der Waals surface area contributed by atoms with Gasteiger partial charge in [0, 0.05) is 5.54 Å². The minimum atomic E-state index is 0.0576. The SMILES string of the molecule is CC1CCC2(CC1)NC1(CCCCC1)CCO2. The van der Waals surface area contributed by atoms with Gasteiger partial charge in [0.2, 0.25) is 0 Å². The molecule has 0 radical (unpaired) electrons. The lowest BCUT2D eigenvalue weighted by molar-refractivity contribution is -0.160. The van der Waals surface area contributed by atoms with E-state index in [4.69, 9.17) is 4.74 Å². The Morgan fingerprint density at radius 1 is 0.941 bits per heavy atom. The monoisotopic (exact) mass is 237 g/mol. The fraction of sp³-hybridized carbons (Fsp3) is 1.00. The molecule has 0 bridgehead atoms. The topological polar surface area (TPSA) is 21.3 Å². The first-order valence-corrected chi connectivity index (χ1v) is 7.65. The maximum Gasteiger partial charge on any atom is 0.119 e. The zero-order valence-electron chi connectivity index (χ0n) is 11.3. The highest BCUT2D eigenvalue weighted by molar-refractivity contribution is 5.00. The minimum absolute atomic E-state index is 0.0576. The zero-order chi connectivity index (χ0) is 11.8. The van der Waals surface area contributed by atoms with Crippen molar-refractivity contribution < 1.29 is 4.74 Å². The van der Waals surface area contributed by atoms with Crippen LogP contribution in [0.1, 0.15) is 71.1 Å². The molecule has 2 nitrogen and oxygen atoms in total. The number of hydrogen-bond acceptors (Lipinski definition) is 2. The quantitative estimate of drug-likeness (QED) is 0.695. The van der Waals surface area contributed by atoms with Crippen molar-refractivity contribution >= 4 is 0 Å². The molecule has 0 aromatic heterocycles. The number of hydrogen-bond donors (Lipinski definition) is 1. The van der Waals surface area contributed by atoms with Crippen LogP contribution in [0.15, 0.2) is 0 Å². The Morgan fingerprint density at radius 2 is 1.65 bits per heavy atom. The van der Waals surface area contributed by atoms with E-state index in [2.05, 4.69) is 12.2 Å². The molecule has 1 saturated heterocycles. The summed E-state index contributed by atoms with van der Waals surface area (Å²) in [4.78, 5) is 0. The van der Waals surface area contributed by atoms with Crippen molar-refractivity contribution in [3.05, 3.63) is 0 Å². The van der Waals surface area contributed by atoms with Crippen LogP contribution in [0.5, 0.6) is 0 Å². The van der Waals surface area contributed by atoms with Gasteiger partial charge in [-0.15, -0.1) is 0 Å². The molecule has 3 aliphatic rings. The Morgan fingerprint density at radius 3 is 2.35 bits per heavy atom. The van der Waals surface area contributed by atoms with Gasteiger partial charge in [0.1, 0.15) is 5.72 Å². The van der Waals surface area contributed by atoms with Crippen molar-refractivity contribution in [1.29, 1.82) is 0 Å². The van der Waals surface area contributed by atoms with Gasteiger partial charge in [-0.2, -0.15) is 0 Å². The third-order valence-electron chi connectivity index (χ3n) is 5.34. The predicted molar refractivity (Wildman–Crippen MR) is 69.9 cm³/mol. The summed E-state index contributed by atoms with van der Waals surface area (Å²) < 4.78 is 6.17. The van der Waals surface area contributed by atoms with E-state index in [1.807, 2.05) is 0 Å². The molecule has 2 heteroatoms. The molecule has 1 N–H and O–H groups in total. The fourth-order valence-electron chi connectivity index (χ4n) is 4.12. The summed E-state index contributed by atoms with van der Waals surface area (Å²) in [5.74, 6) is 0.898. The summed E-state index contributed by atoms with van der Waals surface area (Å²) in [6, 6.07) is 0. The van der Waals surface area contributed by atoms with E-state index in [0.29, 0.717) is 5.54 Å². The Kier molecular flexibility index (Phi) is 3.20. The molecule has 2 saturated carbocycles. The van der Waals surface area contributed by atoms with Crippen LogP contribution in [0.4, 0.5) is 0 Å². The maximum absolute atomic E-state index is 6.17. The Hall–Kier alpha value is -0.0800. The highest BCUT2D eigenvalue weighted by atomic mass is 16.5. The molecule has 3 fully saturated rings. The van der Waals surface area contributed by atoms with Gasteiger partial charge in [-0.05, 0) is 50.9 Å². The van der Waals surface area contributed by atoms with E-state index in [1.165, 1.54) is 64.2 Å². The molecule has 0 unspecified atom stereocenters. The average molecular weight is 237 g/mol. The summed E-state index contributed by atoms with van der Waals surface area (Å²) >= 11 is 0. The van der Waals surface area contributed by atoms with Crippen LogP contribution in [-0.4, -0.2) is 17.9 Å². The molecule has 0 aromatic rings. The number of rotatable bonds is 0. The first kappa shape index (κ1) is 12.0. The van der Waals surface area contributed by atoms with Crippen LogP contribution in [0, 0.1) is 5.92 Å². The van der Waals surface area contributed by atoms with Gasteiger partial charge in [0.25, 0.3) is 0 Å². The van der Waals surface area contributed by atoms with Crippen LogP contribution in [-0.2, 0) is 4.74 Å². The van der Waals surface area contributed by atoms with Crippen LogP contribution < -0.4 is 5.32 Å². The lowest BCUT2D eigenvalue weighted by atomic mass is 9.75. The van der Waals surface area contributed by atoms with Crippen LogP contribution in [0.25, 0.3) is 0 Å². The van der Waals surface area contributed by atoms with E-state index >= 15 is 0 Å². The number of nitrogens with one attached hydrogen (secondary N) is 1. The van der Waals surface area contributed by atoms with E-state index in [-0.39, 0.29) is 5.72 Å². The molecule has 2 spiro atoms. The van der Waals surface area contributed by atoms with Crippen LogP contribution >= 0.6 is 0 Å². The normalized spacial score (nSPS) is 41.8. The van der Waals surface area contributed by atoms with Gasteiger partial charge >= 0.3 is 0 Å². The third kappa shape index (κ3) is 2.39. The molecule has 1 heterocycles. The highest BCUT2D eigenvalue weighted by Crippen LogP contribution is 2.42. The maximum atomic E-state index is 6.17. The first-order chi connectivity index (χ1) is 8.22. The van der Waals surface area contributed by atoms with E-state index in [1.54, 1.807) is 0 Å². The molecule has 17 heavy (non-hydrogen) atoms. The minimum Gasteiger partial charge on any atom is -0.361 e. The van der Waals surface area contributed by atoms with E-state index < -0.39 is 0 Å². The molecule has 3 rings (SSSR count). The molecular weight excluding hydrogens is 210 g/mol. The summed E-state index contributed by atoms with van der Waals surface area (Å²) in [6.45, 7) is 3.37. The standard InChI is InChI=1S/C15H27NO/c1-13-5-9-15(10-6-13)16-14(11-12-17-15)7-3-2-4-8-14/h13,16H,2-12H2,1H3. The molecule has 0 amide bonds. The van der Waals surface area contributed by atoms with Crippen molar-refractivity contribution in [2.45, 2.75) is 82.4 Å². The predicted octanol–water partition coefficient (Wildman–Crippen LogP) is 3.61. The second kappa shape index (κ2) is 4.55. The summed E-state index contributed by atoms with van der Waals surface area (Å²) in [6.07, 6.45) is 13.4. The van der Waals surface area contributed by atoms with E-state index in [9.17, 15) is 0 Å². The average Bonchev–Trinajstić information content (AvgIpc) is 2.35. The van der Waals surface area contributed by atoms with Gasteiger partial charge < -0.3 is 4.74 Å². The summed E-state index contributed by atoms with van der Waals surface area (Å²) in [5, 5.41) is 3.98. The van der Waals surface area contributed by atoms with Gasteiger partial charge in [0.05, 0.1) is 6.61 Å². The Bertz CT molecular complexity index is 257. The lowest BCUT2D eigenvalue weighted by Crippen LogP contribution is -2.65. The zero-order valence-corrected chi connectivity index (χ0v) is 11.3. The second-order valence-corrected chi connectivity index (χ2v) is 6.74. The summed E-state index contributed by atoms with van der Waals surface area (Å²) in [7, 11) is 0. The van der Waals surface area contributed by atoms with Crippen LogP contribution in [0.3, 0.4) is 0 Å². The van der Waals surface area contributed by atoms with Crippen molar-refractivity contribution in [3.8, 4) is 0 Å². The second-order valence-electron chi connectivity index (χ2n) is 6.74. The van der Waals surface area contributed by atoms with Gasteiger partial charge in [-0.25, -0.2) is 0 Å². The molecule has 0 aromatic carbocycles. The van der Waals surface area contributed by atoms with Crippen molar-refractivity contribution in [2.24, 2.45) is 5.92 Å². The van der Waals surface area contributed by atoms with Gasteiger partial charge in [0.15, 0.2) is 0 Å². The first-order valence-electron chi connectivity index (χ1n) is 7.65. The molecule has 1 aliphatic heterocycles. The van der Waals surface area contributed by atoms with Crippen molar-refractivity contribution in [3.63, 3.8) is 0 Å². The number of ether oxygens (including phenoxy) is 1. The van der Waals surface area contributed by atoms with Crippen molar-refractivity contribution in [1.82, 2.24) is 5.32 Å². The smallest absolute Gasteiger partial charge is 0.119 e. The summed E-state index contributed by atoms with van der Waals surface area (Å²) in [5.41, 5.74) is 0.499. The Balaban J connectivity index is 1.70. The lowest BCUT2D eigenvalue weighted by Gasteiger charge is -2.53. The third-order valence-corrected chi connectivity index (χ3v) is 5.34. The fourth-order valence-corrected chi connectivity index (χ4v) is 4.12. The molecular formula is C15H27NO. The van der Waals surface area contributed by atoms with Crippen molar-refractivity contribution in [2.75, 3.05) is 6.61 Å². The van der Waals surface area contributed by atoms with Gasteiger partial charge in [-0.1, -0.05) is 26.2 Å². The van der Waals surface area contributed by atoms with E-state index in [0.717, 1.165) is 12.5 Å². The highest BCUT2D eigenvalue weighted by Gasteiger charge is 2.46. The van der Waals surface area contributed by atoms with Gasteiger partial charge in [-0.3, -0.25) is 5.32 Å². The Labute approximate surface area is 105 Å². The molecule has 2 aliphatic carbocycles. The largest absolute Gasteiger partial charge is 0.361 e. The molecule has 0 atom stereocenters. The van der Waals surface area contributed by atoms with Crippen LogP contribution in [0.2, 0.25) is 0 Å². The molecule has 98 valence electrons.